The maximum absolute atomic E-state index is 10.4. The van der Waals surface area contributed by atoms with Crippen LogP contribution in [0.15, 0.2) is 0 Å². The lowest BCUT2D eigenvalue weighted by molar-refractivity contribution is 0.0394. The van der Waals surface area contributed by atoms with E-state index in [1.807, 2.05) is 0 Å². The van der Waals surface area contributed by atoms with Crippen molar-refractivity contribution in [2.75, 3.05) is 26.9 Å². The molecule has 0 amide bonds. The highest BCUT2D eigenvalue weighted by Crippen LogP contribution is 1.83. The minimum Gasteiger partial charge on any atom is -0.435 e. The third kappa shape index (κ3) is 5.37. The Balaban J connectivity index is 3.05. The van der Waals surface area contributed by atoms with Gasteiger partial charge in [0.05, 0.1) is 13.2 Å². The van der Waals surface area contributed by atoms with Crippen LogP contribution in [0.4, 0.5) is 4.79 Å². The molecule has 0 N–H and O–H groups in total. The second-order valence-electron chi connectivity index (χ2n) is 1.52. The molecule has 0 unspecified atom stereocenters. The minimum absolute atomic E-state index is 0.245. The van der Waals surface area contributed by atoms with E-state index in [-0.39, 0.29) is 6.61 Å². The van der Waals surface area contributed by atoms with E-state index in [1.165, 1.54) is 7.11 Å². The minimum atomic E-state index is -0.639. The van der Waals surface area contributed by atoms with Crippen LogP contribution in [-0.4, -0.2) is 33.1 Å². The average molecular weight is 148 g/mol. The predicted octanol–water partition coefficient (Wildman–Crippen LogP) is 0.806. The van der Waals surface area contributed by atoms with Crippen molar-refractivity contribution in [3.05, 3.63) is 0 Å². The highest BCUT2D eigenvalue weighted by Gasteiger charge is 1.99. The monoisotopic (exact) mass is 148 g/mol. The lowest BCUT2D eigenvalue weighted by atomic mass is 10.8. The Hall–Kier alpha value is -0.770. The first-order valence-corrected chi connectivity index (χ1v) is 3.09. The van der Waals surface area contributed by atoms with E-state index in [1.54, 1.807) is 6.92 Å². The van der Waals surface area contributed by atoms with Crippen LogP contribution in [0, 0.1) is 0 Å². The first-order valence-electron chi connectivity index (χ1n) is 3.09. The lowest BCUT2D eigenvalue weighted by Gasteiger charge is -2.02. The van der Waals surface area contributed by atoms with Crippen LogP contribution in [0.5, 0.6) is 0 Å². The molecule has 4 heteroatoms. The molecule has 0 radical (unpaired) electrons. The van der Waals surface area contributed by atoms with E-state index < -0.39 is 6.16 Å². The molecule has 0 bridgehead atoms. The zero-order valence-corrected chi connectivity index (χ0v) is 6.25. The van der Waals surface area contributed by atoms with Gasteiger partial charge in [-0.2, -0.15) is 0 Å². The van der Waals surface area contributed by atoms with Gasteiger partial charge in [0.2, 0.25) is 0 Å². The maximum Gasteiger partial charge on any atom is 0.508 e. The summed E-state index contributed by atoms with van der Waals surface area (Å²) in [5.74, 6) is 0. The van der Waals surface area contributed by atoms with Crippen LogP contribution in [-0.2, 0) is 14.2 Å². The van der Waals surface area contributed by atoms with Crippen LogP contribution in [0.2, 0.25) is 0 Å². The zero-order chi connectivity index (χ0) is 7.82. The van der Waals surface area contributed by atoms with Gasteiger partial charge in [0.1, 0.15) is 6.61 Å². The van der Waals surface area contributed by atoms with Crippen LogP contribution in [0.3, 0.4) is 0 Å². The molecule has 0 spiro atoms. The summed E-state index contributed by atoms with van der Waals surface area (Å²) in [7, 11) is 1.54. The smallest absolute Gasteiger partial charge is 0.435 e. The number of ether oxygens (including phenoxy) is 3. The Morgan fingerprint density at radius 1 is 1.30 bits per heavy atom. The average Bonchev–Trinajstić information content (AvgIpc) is 1.89. The lowest BCUT2D eigenvalue weighted by Crippen LogP contribution is -2.10. The Morgan fingerprint density at radius 3 is 2.50 bits per heavy atom. The number of methoxy groups -OCH3 is 1. The quantitative estimate of drug-likeness (QED) is 0.437. The van der Waals surface area contributed by atoms with Gasteiger partial charge in [-0.3, -0.25) is 0 Å². The predicted molar refractivity (Wildman–Crippen MR) is 34.8 cm³/mol. The summed E-state index contributed by atoms with van der Waals surface area (Å²) in [5, 5.41) is 0. The summed E-state index contributed by atoms with van der Waals surface area (Å²) in [6.45, 7) is 2.71. The fourth-order valence-corrected chi connectivity index (χ4v) is 0.368. The van der Waals surface area contributed by atoms with E-state index in [2.05, 4.69) is 14.2 Å². The van der Waals surface area contributed by atoms with Gasteiger partial charge in [-0.15, -0.1) is 0 Å². The van der Waals surface area contributed by atoms with Crippen LogP contribution >= 0.6 is 0 Å². The van der Waals surface area contributed by atoms with Crippen molar-refractivity contribution in [3.63, 3.8) is 0 Å². The van der Waals surface area contributed by atoms with Crippen molar-refractivity contribution >= 4 is 6.16 Å². The van der Waals surface area contributed by atoms with Crippen molar-refractivity contribution in [3.8, 4) is 0 Å². The molecule has 0 aliphatic carbocycles. The first-order chi connectivity index (χ1) is 4.81. The highest BCUT2D eigenvalue weighted by atomic mass is 16.7. The molecule has 0 aromatic rings. The third-order valence-corrected chi connectivity index (χ3v) is 0.770. The third-order valence-electron chi connectivity index (χ3n) is 0.770. The molecule has 0 saturated heterocycles. The van der Waals surface area contributed by atoms with E-state index in [4.69, 9.17) is 0 Å². The molecule has 0 heterocycles. The summed E-state index contributed by atoms with van der Waals surface area (Å²) in [6.07, 6.45) is -0.639. The summed E-state index contributed by atoms with van der Waals surface area (Å²) in [6, 6.07) is 0. The topological polar surface area (TPSA) is 44.8 Å². The van der Waals surface area contributed by atoms with Gasteiger partial charge in [0.15, 0.2) is 0 Å². The van der Waals surface area contributed by atoms with E-state index in [0.717, 1.165) is 0 Å². The van der Waals surface area contributed by atoms with Gasteiger partial charge >= 0.3 is 6.16 Å². The Labute approximate surface area is 60.1 Å². The van der Waals surface area contributed by atoms with E-state index in [9.17, 15) is 4.79 Å². The Kier molecular flexibility index (Phi) is 5.86. The SMILES string of the molecule is CCOC(=O)OCCOC. The number of hydrogen-bond acceptors (Lipinski definition) is 4. The van der Waals surface area contributed by atoms with Crippen molar-refractivity contribution in [1.29, 1.82) is 0 Å². The summed E-state index contributed by atoms with van der Waals surface area (Å²) in [4.78, 5) is 10.4. The molecule has 0 aromatic carbocycles. The number of carbonyl (C=O) groups excluding carboxylic acids is 1. The molecule has 0 aliphatic heterocycles. The van der Waals surface area contributed by atoms with Gasteiger partial charge < -0.3 is 14.2 Å². The molecule has 0 aromatic heterocycles. The largest absolute Gasteiger partial charge is 0.508 e. The summed E-state index contributed by atoms with van der Waals surface area (Å²) in [5.41, 5.74) is 0. The fourth-order valence-electron chi connectivity index (χ4n) is 0.368. The molecular formula is C6H12O4. The maximum atomic E-state index is 10.4. The van der Waals surface area contributed by atoms with Gasteiger partial charge in [-0.1, -0.05) is 0 Å². The van der Waals surface area contributed by atoms with Crippen LogP contribution in [0.1, 0.15) is 6.92 Å². The highest BCUT2D eigenvalue weighted by molar-refractivity contribution is 5.59. The summed E-state index contributed by atoms with van der Waals surface area (Å²) >= 11 is 0. The normalized spacial score (nSPS) is 9.00. The molecule has 0 fully saturated rings. The standard InChI is InChI=1S/C6H12O4/c1-3-9-6(7)10-5-4-8-2/h3-5H2,1-2H3. The van der Waals surface area contributed by atoms with Crippen LogP contribution in [0.25, 0.3) is 0 Å². The van der Waals surface area contributed by atoms with Gasteiger partial charge in [0.25, 0.3) is 0 Å². The molecule has 0 aliphatic rings. The Bertz CT molecular complexity index is 91.7. The molecule has 4 nitrogen and oxygen atoms in total. The van der Waals surface area contributed by atoms with Gasteiger partial charge in [0, 0.05) is 7.11 Å². The Morgan fingerprint density at radius 2 is 2.00 bits per heavy atom. The van der Waals surface area contributed by atoms with Crippen molar-refractivity contribution in [1.82, 2.24) is 0 Å². The molecule has 0 rings (SSSR count). The second kappa shape index (κ2) is 6.35. The van der Waals surface area contributed by atoms with Crippen molar-refractivity contribution in [2.45, 2.75) is 6.92 Å². The first kappa shape index (κ1) is 9.23. The fraction of sp³-hybridized carbons (Fsp3) is 0.833. The molecule has 10 heavy (non-hydrogen) atoms. The van der Waals surface area contributed by atoms with Crippen molar-refractivity contribution in [2.24, 2.45) is 0 Å². The van der Waals surface area contributed by atoms with Crippen molar-refractivity contribution < 1.29 is 19.0 Å². The number of carbonyl (C=O) groups is 1. The number of rotatable bonds is 4. The van der Waals surface area contributed by atoms with Gasteiger partial charge in [-0.25, -0.2) is 4.79 Å². The van der Waals surface area contributed by atoms with Gasteiger partial charge in [-0.05, 0) is 6.92 Å². The molecule has 0 saturated carbocycles. The van der Waals surface area contributed by atoms with E-state index in [0.29, 0.717) is 13.2 Å². The molecule has 60 valence electrons. The molecule has 0 atom stereocenters. The van der Waals surface area contributed by atoms with E-state index >= 15 is 0 Å². The second-order valence-corrected chi connectivity index (χ2v) is 1.52. The number of hydrogen-bond donors (Lipinski definition) is 0. The molecular weight excluding hydrogens is 136 g/mol. The zero-order valence-electron chi connectivity index (χ0n) is 6.25. The summed E-state index contributed by atoms with van der Waals surface area (Å²) < 4.78 is 13.6. The van der Waals surface area contributed by atoms with Crippen LogP contribution < -0.4 is 0 Å².